The van der Waals surface area contributed by atoms with Crippen LogP contribution in [-0.2, 0) is 0 Å². The number of terminal acetylenes is 1. The number of nitrogens with one attached hydrogen (secondary N) is 1. The van der Waals surface area contributed by atoms with Crippen LogP contribution >= 0.6 is 0 Å². The summed E-state index contributed by atoms with van der Waals surface area (Å²) >= 11 is 0. The van der Waals surface area contributed by atoms with Gasteiger partial charge in [0.1, 0.15) is 0 Å². The fraction of sp³-hybridized carbons (Fsp3) is 0.857. The van der Waals surface area contributed by atoms with E-state index in [9.17, 15) is 0 Å². The molecule has 0 radical (unpaired) electrons. The normalized spacial score (nSPS) is 25.2. The molecule has 1 aliphatic rings. The molecule has 0 aromatic heterocycles. The molecule has 2 nitrogen and oxygen atoms in total. The minimum atomic E-state index is 0.336. The minimum Gasteiger partial charge on any atom is -0.308 e. The van der Waals surface area contributed by atoms with Crippen LogP contribution in [0.3, 0.4) is 0 Å². The Morgan fingerprint density at radius 2 is 2.12 bits per heavy atom. The Labute approximate surface area is 101 Å². The molecular weight excluding hydrogens is 196 g/mol. The fourth-order valence-electron chi connectivity index (χ4n) is 2.50. The molecule has 1 aliphatic heterocycles. The molecule has 0 spiro atoms. The maximum Gasteiger partial charge on any atom is 0.0304 e. The van der Waals surface area contributed by atoms with E-state index in [1.54, 1.807) is 0 Å². The van der Waals surface area contributed by atoms with Crippen molar-refractivity contribution < 1.29 is 0 Å². The Hall–Kier alpha value is -0.520. The van der Waals surface area contributed by atoms with Crippen molar-refractivity contribution in [1.29, 1.82) is 0 Å². The van der Waals surface area contributed by atoms with Gasteiger partial charge in [0, 0.05) is 31.1 Å². The van der Waals surface area contributed by atoms with Crippen LogP contribution in [0.25, 0.3) is 0 Å². The summed E-state index contributed by atoms with van der Waals surface area (Å²) in [7, 11) is 0. The Morgan fingerprint density at radius 1 is 1.44 bits per heavy atom. The van der Waals surface area contributed by atoms with Gasteiger partial charge in [0.25, 0.3) is 0 Å². The summed E-state index contributed by atoms with van der Waals surface area (Å²) in [5, 5.41) is 3.72. The first-order chi connectivity index (χ1) is 7.67. The van der Waals surface area contributed by atoms with Crippen LogP contribution in [0, 0.1) is 12.3 Å². The minimum absolute atomic E-state index is 0.336. The molecule has 0 saturated carbocycles. The van der Waals surface area contributed by atoms with Gasteiger partial charge in [-0.05, 0) is 32.7 Å². The number of hydrogen-bond donors (Lipinski definition) is 1. The Morgan fingerprint density at radius 3 is 2.69 bits per heavy atom. The molecule has 16 heavy (non-hydrogen) atoms. The smallest absolute Gasteiger partial charge is 0.0304 e. The van der Waals surface area contributed by atoms with Crippen molar-refractivity contribution in [2.45, 2.75) is 58.0 Å². The number of hydrogen-bond acceptors (Lipinski definition) is 2. The van der Waals surface area contributed by atoms with Gasteiger partial charge in [-0.1, -0.05) is 13.8 Å². The highest BCUT2D eigenvalue weighted by Gasteiger charge is 2.34. The first-order valence-corrected chi connectivity index (χ1v) is 6.60. The summed E-state index contributed by atoms with van der Waals surface area (Å²) in [5.41, 5.74) is 0.336. The molecule has 0 amide bonds. The Balaban J connectivity index is 2.51. The van der Waals surface area contributed by atoms with Gasteiger partial charge in [-0.25, -0.2) is 0 Å². The maximum absolute atomic E-state index is 5.30. The van der Waals surface area contributed by atoms with Crippen LogP contribution in [0.15, 0.2) is 0 Å². The highest BCUT2D eigenvalue weighted by molar-refractivity contribution is 4.95. The largest absolute Gasteiger partial charge is 0.308 e. The van der Waals surface area contributed by atoms with Gasteiger partial charge < -0.3 is 5.32 Å². The van der Waals surface area contributed by atoms with E-state index in [0.29, 0.717) is 11.6 Å². The van der Waals surface area contributed by atoms with Crippen molar-refractivity contribution in [3.05, 3.63) is 0 Å². The first-order valence-electron chi connectivity index (χ1n) is 6.60. The van der Waals surface area contributed by atoms with Crippen molar-refractivity contribution in [2.24, 2.45) is 0 Å². The van der Waals surface area contributed by atoms with Crippen molar-refractivity contribution in [3.63, 3.8) is 0 Å². The molecule has 1 fully saturated rings. The average molecular weight is 222 g/mol. The molecule has 0 bridgehead atoms. The van der Waals surface area contributed by atoms with E-state index in [1.807, 2.05) is 0 Å². The quantitative estimate of drug-likeness (QED) is 0.567. The monoisotopic (exact) mass is 222 g/mol. The highest BCUT2D eigenvalue weighted by Crippen LogP contribution is 2.22. The molecule has 1 saturated heterocycles. The molecule has 1 N–H and O–H groups in total. The highest BCUT2D eigenvalue weighted by atomic mass is 15.2. The van der Waals surface area contributed by atoms with Crippen LogP contribution in [0.1, 0.15) is 46.5 Å². The zero-order valence-electron chi connectivity index (χ0n) is 11.1. The summed E-state index contributed by atoms with van der Waals surface area (Å²) in [6.45, 7) is 10.3. The van der Waals surface area contributed by atoms with Crippen molar-refractivity contribution in [2.75, 3.05) is 19.6 Å². The van der Waals surface area contributed by atoms with Crippen LogP contribution in [0.4, 0.5) is 0 Å². The van der Waals surface area contributed by atoms with E-state index in [-0.39, 0.29) is 0 Å². The van der Waals surface area contributed by atoms with Crippen molar-refractivity contribution >= 4 is 0 Å². The first kappa shape index (κ1) is 13.5. The second-order valence-electron chi connectivity index (χ2n) is 5.00. The third-order valence-electron chi connectivity index (χ3n) is 4.02. The number of nitrogens with zero attached hydrogens (tertiary/aromatic N) is 1. The third-order valence-corrected chi connectivity index (χ3v) is 4.02. The lowest BCUT2D eigenvalue weighted by Crippen LogP contribution is -2.63. The molecule has 0 aliphatic carbocycles. The zero-order valence-corrected chi connectivity index (χ0v) is 11.1. The van der Waals surface area contributed by atoms with Crippen LogP contribution < -0.4 is 5.32 Å². The van der Waals surface area contributed by atoms with E-state index in [1.165, 1.54) is 19.4 Å². The summed E-state index contributed by atoms with van der Waals surface area (Å²) < 4.78 is 0. The average Bonchev–Trinajstić information content (AvgIpc) is 2.32. The predicted octanol–water partition coefficient (Wildman–Crippen LogP) is 2.25. The lowest BCUT2D eigenvalue weighted by molar-refractivity contribution is 0.0802. The summed E-state index contributed by atoms with van der Waals surface area (Å²) in [4.78, 5) is 2.60. The summed E-state index contributed by atoms with van der Waals surface area (Å²) in [6.07, 6.45) is 9.76. The molecule has 1 heterocycles. The van der Waals surface area contributed by atoms with Gasteiger partial charge in [-0.15, -0.1) is 12.3 Å². The topological polar surface area (TPSA) is 15.3 Å². The number of rotatable bonds is 5. The molecule has 2 heteroatoms. The van der Waals surface area contributed by atoms with Gasteiger partial charge in [0.05, 0.1) is 0 Å². The van der Waals surface area contributed by atoms with E-state index in [2.05, 4.69) is 36.9 Å². The standard InChI is InChI=1S/C14H26N2/c1-5-8-9-10-16-12-14(6-2,7-3)15-11-13(16)4/h1,13,15H,6-12H2,2-4H3. The molecule has 1 rings (SSSR count). The van der Waals surface area contributed by atoms with Crippen LogP contribution in [0.2, 0.25) is 0 Å². The fourth-order valence-corrected chi connectivity index (χ4v) is 2.50. The molecule has 1 unspecified atom stereocenters. The van der Waals surface area contributed by atoms with E-state index in [4.69, 9.17) is 6.42 Å². The molecule has 0 aromatic carbocycles. The van der Waals surface area contributed by atoms with Crippen LogP contribution in [-0.4, -0.2) is 36.1 Å². The zero-order chi connectivity index (χ0) is 12.0. The molecule has 92 valence electrons. The predicted molar refractivity (Wildman–Crippen MR) is 70.4 cm³/mol. The van der Waals surface area contributed by atoms with Crippen molar-refractivity contribution in [1.82, 2.24) is 10.2 Å². The van der Waals surface area contributed by atoms with Gasteiger partial charge >= 0.3 is 0 Å². The molecule has 0 aromatic rings. The van der Waals surface area contributed by atoms with Gasteiger partial charge in [-0.2, -0.15) is 0 Å². The number of unbranched alkanes of at least 4 members (excludes halogenated alkanes) is 1. The van der Waals surface area contributed by atoms with Gasteiger partial charge in [0.2, 0.25) is 0 Å². The van der Waals surface area contributed by atoms with E-state index >= 15 is 0 Å². The van der Waals surface area contributed by atoms with Crippen LogP contribution in [0.5, 0.6) is 0 Å². The maximum atomic E-state index is 5.30. The second-order valence-corrected chi connectivity index (χ2v) is 5.00. The second kappa shape index (κ2) is 6.27. The lowest BCUT2D eigenvalue weighted by atomic mass is 9.88. The Bertz CT molecular complexity index is 238. The van der Waals surface area contributed by atoms with E-state index < -0.39 is 0 Å². The lowest BCUT2D eigenvalue weighted by Gasteiger charge is -2.46. The Kier molecular flexibility index (Phi) is 5.31. The molecular formula is C14H26N2. The third kappa shape index (κ3) is 3.23. The summed E-state index contributed by atoms with van der Waals surface area (Å²) in [6, 6.07) is 0.643. The van der Waals surface area contributed by atoms with Gasteiger partial charge in [0.15, 0.2) is 0 Å². The van der Waals surface area contributed by atoms with Crippen molar-refractivity contribution in [3.8, 4) is 12.3 Å². The molecule has 1 atom stereocenters. The SMILES string of the molecule is C#CCCCN1CC(CC)(CC)NCC1C. The number of piperazine rings is 1. The van der Waals surface area contributed by atoms with E-state index in [0.717, 1.165) is 25.9 Å². The van der Waals surface area contributed by atoms with Gasteiger partial charge in [-0.3, -0.25) is 4.90 Å². The summed E-state index contributed by atoms with van der Waals surface area (Å²) in [5.74, 6) is 2.73.